The summed E-state index contributed by atoms with van der Waals surface area (Å²) in [4.78, 5) is 25.2. The number of likely N-dealkylation sites (tertiary alicyclic amines) is 2. The number of nitrogens with zero attached hydrogens (tertiary/aromatic N) is 4. The molecule has 1 amide bonds. The summed E-state index contributed by atoms with van der Waals surface area (Å²) in [7, 11) is 0. The maximum Gasteiger partial charge on any atom is 0.291 e. The Labute approximate surface area is 147 Å². The number of hydrogen-bond donors (Lipinski definition) is 0. The predicted octanol–water partition coefficient (Wildman–Crippen LogP) is 2.59. The molecule has 1 atom stereocenters. The summed E-state index contributed by atoms with van der Waals surface area (Å²) in [6, 6.07) is 4.13. The van der Waals surface area contributed by atoms with Crippen molar-refractivity contribution in [3.8, 4) is 0 Å². The lowest BCUT2D eigenvalue weighted by Gasteiger charge is -2.48. The van der Waals surface area contributed by atoms with Gasteiger partial charge in [0.1, 0.15) is 0 Å². The molecule has 6 nitrogen and oxygen atoms in total. The summed E-state index contributed by atoms with van der Waals surface area (Å²) in [5.74, 6) is 0.320. The van der Waals surface area contributed by atoms with Crippen molar-refractivity contribution in [2.24, 2.45) is 5.41 Å². The molecule has 0 N–H and O–H groups in total. The molecule has 2 aliphatic heterocycles. The fourth-order valence-corrected chi connectivity index (χ4v) is 4.39. The van der Waals surface area contributed by atoms with E-state index >= 15 is 0 Å². The van der Waals surface area contributed by atoms with Crippen LogP contribution in [0.4, 0.5) is 0 Å². The highest BCUT2D eigenvalue weighted by atomic mass is 16.3. The third-order valence-electron chi connectivity index (χ3n) is 5.46. The molecule has 1 unspecified atom stereocenters. The third-order valence-corrected chi connectivity index (χ3v) is 5.46. The summed E-state index contributed by atoms with van der Waals surface area (Å²) in [5.41, 5.74) is 1.46. The van der Waals surface area contributed by atoms with Crippen molar-refractivity contribution < 1.29 is 9.21 Å². The number of piperidine rings is 2. The lowest BCUT2D eigenvalue weighted by Crippen LogP contribution is -2.53. The van der Waals surface area contributed by atoms with Gasteiger partial charge in [-0.1, -0.05) is 6.07 Å². The van der Waals surface area contributed by atoms with E-state index in [9.17, 15) is 4.79 Å². The van der Waals surface area contributed by atoms with Crippen LogP contribution in [-0.2, 0) is 6.54 Å². The van der Waals surface area contributed by atoms with Crippen LogP contribution in [0.5, 0.6) is 0 Å². The Morgan fingerprint density at radius 1 is 1.16 bits per heavy atom. The number of pyridine rings is 1. The third kappa shape index (κ3) is 3.58. The first-order chi connectivity index (χ1) is 12.2. The molecule has 132 valence electrons. The van der Waals surface area contributed by atoms with Crippen molar-refractivity contribution in [1.29, 1.82) is 0 Å². The van der Waals surface area contributed by atoms with Gasteiger partial charge in [-0.2, -0.15) is 0 Å². The molecule has 0 radical (unpaired) electrons. The number of hydrogen-bond acceptors (Lipinski definition) is 5. The molecular weight excluding hydrogens is 316 g/mol. The molecule has 2 saturated heterocycles. The summed E-state index contributed by atoms with van der Waals surface area (Å²) >= 11 is 0. The van der Waals surface area contributed by atoms with E-state index in [1.807, 2.05) is 23.4 Å². The van der Waals surface area contributed by atoms with Gasteiger partial charge < -0.3 is 9.32 Å². The second-order valence-corrected chi connectivity index (χ2v) is 7.37. The summed E-state index contributed by atoms with van der Waals surface area (Å²) in [6.07, 6.45) is 11.2. The fraction of sp³-hybridized carbons (Fsp3) is 0.526. The minimum absolute atomic E-state index is 0.0269. The zero-order valence-corrected chi connectivity index (χ0v) is 14.4. The van der Waals surface area contributed by atoms with Crippen molar-refractivity contribution in [2.45, 2.75) is 32.2 Å². The molecule has 4 rings (SSSR count). The number of carbonyl (C=O) groups is 1. The van der Waals surface area contributed by atoms with Gasteiger partial charge >= 0.3 is 0 Å². The monoisotopic (exact) mass is 340 g/mol. The molecule has 0 aromatic carbocycles. The quantitative estimate of drug-likeness (QED) is 0.859. The minimum atomic E-state index is -0.0269. The molecule has 4 heterocycles. The molecule has 6 heteroatoms. The zero-order chi connectivity index (χ0) is 17.1. The normalized spacial score (nSPS) is 24.6. The highest BCUT2D eigenvalue weighted by Crippen LogP contribution is 2.39. The molecule has 2 fully saturated rings. The standard InChI is InChI=1S/C19H24N4O2/c24-18(17-11-21-15-25-17)23-9-3-6-19(14-23)5-2-8-22(13-19)12-16-4-1-7-20-10-16/h1,4,7,10-11,15H,2-3,5-6,8-9,12-14H2. The van der Waals surface area contributed by atoms with Crippen LogP contribution in [0.2, 0.25) is 0 Å². The Morgan fingerprint density at radius 2 is 2.04 bits per heavy atom. The van der Waals surface area contributed by atoms with E-state index in [1.165, 1.54) is 37.4 Å². The highest BCUT2D eigenvalue weighted by Gasteiger charge is 2.40. The van der Waals surface area contributed by atoms with E-state index in [1.54, 1.807) is 0 Å². The maximum atomic E-state index is 12.6. The lowest BCUT2D eigenvalue weighted by atomic mass is 9.73. The Bertz CT molecular complexity index is 699. The van der Waals surface area contributed by atoms with Crippen molar-refractivity contribution in [3.63, 3.8) is 0 Å². The Balaban J connectivity index is 1.44. The first-order valence-electron chi connectivity index (χ1n) is 9.03. The zero-order valence-electron chi connectivity index (χ0n) is 14.4. The predicted molar refractivity (Wildman–Crippen MR) is 92.8 cm³/mol. The Morgan fingerprint density at radius 3 is 2.80 bits per heavy atom. The van der Waals surface area contributed by atoms with Crippen LogP contribution in [0.25, 0.3) is 0 Å². The largest absolute Gasteiger partial charge is 0.438 e. The van der Waals surface area contributed by atoms with Gasteiger partial charge in [0.2, 0.25) is 5.76 Å². The topological polar surface area (TPSA) is 62.5 Å². The molecule has 25 heavy (non-hydrogen) atoms. The van der Waals surface area contributed by atoms with Crippen LogP contribution >= 0.6 is 0 Å². The lowest BCUT2D eigenvalue weighted by molar-refractivity contribution is 0.00997. The van der Waals surface area contributed by atoms with Crippen molar-refractivity contribution in [3.05, 3.63) is 48.4 Å². The maximum absolute atomic E-state index is 12.6. The van der Waals surface area contributed by atoms with Gasteiger partial charge in [0.25, 0.3) is 5.91 Å². The SMILES string of the molecule is O=C(c1cnco1)N1CCCC2(CCCN(Cc3cccnc3)C2)C1. The highest BCUT2D eigenvalue weighted by molar-refractivity contribution is 5.91. The van der Waals surface area contributed by atoms with Gasteiger partial charge in [-0.15, -0.1) is 0 Å². The van der Waals surface area contributed by atoms with E-state index < -0.39 is 0 Å². The molecule has 2 aromatic rings. The van der Waals surface area contributed by atoms with Crippen LogP contribution in [0.1, 0.15) is 41.8 Å². The Kier molecular flexibility index (Phi) is 4.53. The van der Waals surface area contributed by atoms with Gasteiger partial charge in [0.05, 0.1) is 6.20 Å². The molecule has 2 aliphatic rings. The van der Waals surface area contributed by atoms with Gasteiger partial charge in [-0.3, -0.25) is 14.7 Å². The van der Waals surface area contributed by atoms with Gasteiger partial charge in [0, 0.05) is 44.0 Å². The van der Waals surface area contributed by atoms with Crippen molar-refractivity contribution >= 4 is 5.91 Å². The van der Waals surface area contributed by atoms with Crippen LogP contribution in [0.15, 0.2) is 41.5 Å². The number of amides is 1. The smallest absolute Gasteiger partial charge is 0.291 e. The average Bonchev–Trinajstić information content (AvgIpc) is 3.17. The molecular formula is C19H24N4O2. The molecule has 0 saturated carbocycles. The van der Waals surface area contributed by atoms with Gasteiger partial charge in [-0.25, -0.2) is 4.98 Å². The molecule has 0 aliphatic carbocycles. The van der Waals surface area contributed by atoms with Crippen LogP contribution in [-0.4, -0.2) is 51.9 Å². The summed E-state index contributed by atoms with van der Waals surface area (Å²) in [5, 5.41) is 0. The van der Waals surface area contributed by atoms with Crippen molar-refractivity contribution in [1.82, 2.24) is 19.8 Å². The number of rotatable bonds is 3. The van der Waals surface area contributed by atoms with Gasteiger partial charge in [-0.05, 0) is 43.9 Å². The van der Waals surface area contributed by atoms with Gasteiger partial charge in [0.15, 0.2) is 6.39 Å². The van der Waals surface area contributed by atoms with Crippen LogP contribution < -0.4 is 0 Å². The number of oxazole rings is 1. The molecule has 0 bridgehead atoms. The average molecular weight is 340 g/mol. The second-order valence-electron chi connectivity index (χ2n) is 7.37. The first kappa shape index (κ1) is 16.3. The van der Waals surface area contributed by atoms with Crippen LogP contribution in [0, 0.1) is 5.41 Å². The van der Waals surface area contributed by atoms with E-state index in [0.717, 1.165) is 39.1 Å². The molecule has 1 spiro atoms. The van der Waals surface area contributed by atoms with E-state index in [-0.39, 0.29) is 11.3 Å². The second kappa shape index (κ2) is 6.96. The minimum Gasteiger partial charge on any atom is -0.438 e. The van der Waals surface area contributed by atoms with Crippen LogP contribution in [0.3, 0.4) is 0 Å². The van der Waals surface area contributed by atoms with E-state index in [4.69, 9.17) is 4.42 Å². The summed E-state index contributed by atoms with van der Waals surface area (Å²) < 4.78 is 5.20. The number of aromatic nitrogens is 2. The molecule has 2 aromatic heterocycles. The van der Waals surface area contributed by atoms with E-state index in [0.29, 0.717) is 5.76 Å². The number of carbonyl (C=O) groups excluding carboxylic acids is 1. The van der Waals surface area contributed by atoms with E-state index in [2.05, 4.69) is 20.9 Å². The fourth-order valence-electron chi connectivity index (χ4n) is 4.39. The van der Waals surface area contributed by atoms with Crippen molar-refractivity contribution in [2.75, 3.05) is 26.2 Å². The Hall–Kier alpha value is -2.21. The summed E-state index contributed by atoms with van der Waals surface area (Å²) in [6.45, 7) is 4.72. The first-order valence-corrected chi connectivity index (χ1v) is 9.03.